The average molecular weight is 580 g/mol. The second kappa shape index (κ2) is 10.2. The summed E-state index contributed by atoms with van der Waals surface area (Å²) >= 11 is 11.2. The standard InChI is InChI=1S/C23H18ClN3O5S4/c24-14-7-11-18(29)12(8-25)23(36-22(11)35-14)34-13-9-33-20-16(19(30)27(20)17(13)21(31)32)26-15(28)6-10-4-2-1-3-5-10/h1-5,7,16,20H,6,8-9,25H2,(H,26,28)(H,31,32)/t16?,20-/m1/s1. The zero-order valence-electron chi connectivity index (χ0n) is 18.4. The topological polar surface area (TPSA) is 130 Å². The number of nitrogens with two attached hydrogens (primary N) is 1. The van der Waals surface area contributed by atoms with Gasteiger partial charge in [-0.05, 0) is 11.6 Å². The lowest BCUT2D eigenvalue weighted by Crippen LogP contribution is -2.70. The zero-order valence-corrected chi connectivity index (χ0v) is 22.4. The van der Waals surface area contributed by atoms with Crippen molar-refractivity contribution in [3.8, 4) is 0 Å². The van der Waals surface area contributed by atoms with Gasteiger partial charge < -0.3 is 16.2 Å². The van der Waals surface area contributed by atoms with Gasteiger partial charge in [-0.3, -0.25) is 19.3 Å². The normalized spacial score (nSPS) is 19.3. The quantitative estimate of drug-likeness (QED) is 0.363. The Bertz CT molecular complexity index is 1490. The van der Waals surface area contributed by atoms with Crippen LogP contribution in [0.5, 0.6) is 0 Å². The van der Waals surface area contributed by atoms with Crippen LogP contribution in [0.3, 0.4) is 0 Å². The summed E-state index contributed by atoms with van der Waals surface area (Å²) in [6.45, 7) is -0.00924. The van der Waals surface area contributed by atoms with E-state index in [2.05, 4.69) is 5.32 Å². The molecular weight excluding hydrogens is 562 g/mol. The van der Waals surface area contributed by atoms with Gasteiger partial charge in [0.1, 0.15) is 17.1 Å². The monoisotopic (exact) mass is 579 g/mol. The summed E-state index contributed by atoms with van der Waals surface area (Å²) in [5.74, 6) is -1.72. The molecule has 4 heterocycles. The van der Waals surface area contributed by atoms with E-state index in [1.807, 2.05) is 30.3 Å². The van der Waals surface area contributed by atoms with Crippen LogP contribution in [0.2, 0.25) is 4.34 Å². The van der Waals surface area contributed by atoms with E-state index in [1.165, 1.54) is 39.3 Å². The average Bonchev–Trinajstić information content (AvgIpc) is 3.23. The molecule has 8 nitrogen and oxygen atoms in total. The molecule has 13 heteroatoms. The molecule has 1 unspecified atom stereocenters. The molecule has 0 aliphatic carbocycles. The number of hydrogen-bond donors (Lipinski definition) is 3. The Morgan fingerprint density at radius 1 is 1.22 bits per heavy atom. The Morgan fingerprint density at radius 3 is 2.67 bits per heavy atom. The molecule has 1 saturated heterocycles. The number of thiophene rings is 1. The van der Waals surface area contributed by atoms with E-state index in [0.717, 1.165) is 21.3 Å². The minimum atomic E-state index is -1.24. The maximum atomic E-state index is 13.0. The molecule has 0 radical (unpaired) electrons. The van der Waals surface area contributed by atoms with E-state index in [1.54, 1.807) is 6.07 Å². The first-order valence-corrected chi connectivity index (χ1v) is 14.5. The van der Waals surface area contributed by atoms with Crippen molar-refractivity contribution in [2.45, 2.75) is 28.6 Å². The van der Waals surface area contributed by atoms with Crippen molar-refractivity contribution >= 4 is 85.0 Å². The summed E-state index contributed by atoms with van der Waals surface area (Å²) in [4.78, 5) is 52.3. The second-order valence-electron chi connectivity index (χ2n) is 7.95. The van der Waals surface area contributed by atoms with Gasteiger partial charge in [0, 0.05) is 22.8 Å². The van der Waals surface area contributed by atoms with Gasteiger partial charge in [-0.2, -0.15) is 0 Å². The van der Waals surface area contributed by atoms with Gasteiger partial charge in [-0.25, -0.2) is 4.79 Å². The third kappa shape index (κ3) is 4.57. The van der Waals surface area contributed by atoms with Crippen LogP contribution in [0.25, 0.3) is 9.40 Å². The predicted molar refractivity (Wildman–Crippen MR) is 145 cm³/mol. The van der Waals surface area contributed by atoms with Crippen molar-refractivity contribution in [1.82, 2.24) is 10.2 Å². The molecule has 1 fully saturated rings. The number of aliphatic carboxylic acids is 1. The van der Waals surface area contributed by atoms with Gasteiger partial charge >= 0.3 is 5.97 Å². The number of nitrogens with zero attached hydrogens (tertiary/aromatic N) is 1. The Balaban J connectivity index is 1.40. The molecule has 186 valence electrons. The van der Waals surface area contributed by atoms with Crippen molar-refractivity contribution in [2.24, 2.45) is 5.73 Å². The van der Waals surface area contributed by atoms with Crippen LogP contribution in [0, 0.1) is 0 Å². The molecular formula is C23H18ClN3O5S4. The molecule has 1 aromatic carbocycles. The Kier molecular flexibility index (Phi) is 7.16. The largest absolute Gasteiger partial charge is 0.477 e. The van der Waals surface area contributed by atoms with E-state index >= 15 is 0 Å². The number of carboxylic acids is 1. The van der Waals surface area contributed by atoms with E-state index < -0.39 is 23.3 Å². The van der Waals surface area contributed by atoms with E-state index in [-0.39, 0.29) is 30.0 Å². The van der Waals surface area contributed by atoms with Gasteiger partial charge in [0.25, 0.3) is 5.91 Å². The first kappa shape index (κ1) is 25.3. The van der Waals surface area contributed by atoms with Crippen molar-refractivity contribution in [1.29, 1.82) is 0 Å². The van der Waals surface area contributed by atoms with Gasteiger partial charge in [0.2, 0.25) is 5.91 Å². The highest BCUT2D eigenvalue weighted by atomic mass is 35.5. The van der Waals surface area contributed by atoms with Crippen LogP contribution in [0.15, 0.2) is 56.0 Å². The van der Waals surface area contributed by atoms with E-state index in [4.69, 9.17) is 17.3 Å². The Morgan fingerprint density at radius 2 is 1.97 bits per heavy atom. The lowest BCUT2D eigenvalue weighted by atomic mass is 10.0. The zero-order chi connectivity index (χ0) is 25.6. The van der Waals surface area contributed by atoms with Crippen LogP contribution in [-0.2, 0) is 27.3 Å². The van der Waals surface area contributed by atoms with Crippen molar-refractivity contribution in [3.05, 3.63) is 72.7 Å². The summed E-state index contributed by atoms with van der Waals surface area (Å²) in [5.41, 5.74) is 6.72. The molecule has 2 aliphatic heterocycles. The molecule has 2 aromatic heterocycles. The molecule has 0 spiro atoms. The number of carbonyl (C=O) groups is 3. The number of thioether (sulfide) groups is 2. The van der Waals surface area contributed by atoms with Gasteiger partial charge in [0.05, 0.1) is 24.4 Å². The van der Waals surface area contributed by atoms with Crippen molar-refractivity contribution in [2.75, 3.05) is 5.75 Å². The number of hydrogen-bond acceptors (Lipinski definition) is 9. The highest BCUT2D eigenvalue weighted by molar-refractivity contribution is 8.07. The van der Waals surface area contributed by atoms with Gasteiger partial charge in [-0.15, -0.1) is 34.4 Å². The fourth-order valence-corrected chi connectivity index (χ4v) is 9.85. The lowest BCUT2D eigenvalue weighted by Gasteiger charge is -2.49. The summed E-state index contributed by atoms with van der Waals surface area (Å²) in [7, 11) is 0. The predicted octanol–water partition coefficient (Wildman–Crippen LogP) is 3.47. The SMILES string of the molecule is NCc1c(SC2=C(C(=O)O)N3C(=O)C(NC(=O)Cc4ccccc4)[C@H]3SC2)sc2sc(Cl)cc2c1=O. The maximum Gasteiger partial charge on any atom is 0.353 e. The van der Waals surface area contributed by atoms with E-state index in [0.29, 0.717) is 30.2 Å². The van der Waals surface area contributed by atoms with Gasteiger partial charge in [-0.1, -0.05) is 53.7 Å². The Labute approximate surface area is 226 Å². The number of β-lactam (4-membered cyclic amide) rings is 1. The molecule has 2 atom stereocenters. The third-order valence-corrected chi connectivity index (χ3v) is 11.1. The summed E-state index contributed by atoms with van der Waals surface area (Å²) in [6, 6.07) is 9.97. The first-order chi connectivity index (χ1) is 17.3. The number of carboxylic acid groups (broad SMARTS) is 1. The summed E-state index contributed by atoms with van der Waals surface area (Å²) in [5, 5.41) is 12.7. The molecule has 2 amide bonds. The highest BCUT2D eigenvalue weighted by Crippen LogP contribution is 2.47. The first-order valence-electron chi connectivity index (χ1n) is 10.7. The van der Waals surface area contributed by atoms with E-state index in [9.17, 15) is 24.3 Å². The summed E-state index contributed by atoms with van der Waals surface area (Å²) in [6.07, 6.45) is 0.126. The minimum Gasteiger partial charge on any atom is -0.477 e. The number of benzene rings is 1. The van der Waals surface area contributed by atoms with Gasteiger partial charge in [0.15, 0.2) is 5.43 Å². The van der Waals surface area contributed by atoms with Crippen molar-refractivity contribution < 1.29 is 19.5 Å². The highest BCUT2D eigenvalue weighted by Gasteiger charge is 2.54. The molecule has 5 rings (SSSR count). The third-order valence-electron chi connectivity index (χ3n) is 5.70. The smallest absolute Gasteiger partial charge is 0.353 e. The van der Waals surface area contributed by atoms with Crippen LogP contribution in [0.1, 0.15) is 11.1 Å². The number of amides is 2. The summed E-state index contributed by atoms with van der Waals surface area (Å²) < 4.78 is 1.79. The molecule has 0 saturated carbocycles. The number of halogens is 1. The van der Waals surface area contributed by atoms with Crippen molar-refractivity contribution in [3.63, 3.8) is 0 Å². The van der Waals surface area contributed by atoms with Crippen LogP contribution < -0.4 is 16.5 Å². The lowest BCUT2D eigenvalue weighted by molar-refractivity contribution is -0.150. The van der Waals surface area contributed by atoms with Crippen LogP contribution >= 0.6 is 57.8 Å². The molecule has 2 aliphatic rings. The molecule has 4 N–H and O–H groups in total. The number of rotatable bonds is 7. The van der Waals surface area contributed by atoms with Crippen LogP contribution in [-0.4, -0.2) is 45.0 Å². The molecule has 36 heavy (non-hydrogen) atoms. The molecule has 0 bridgehead atoms. The molecule has 3 aromatic rings. The number of fused-ring (bicyclic) bond motifs is 2. The maximum absolute atomic E-state index is 13.0. The number of nitrogens with one attached hydrogen (secondary N) is 1. The fraction of sp³-hybridized carbons (Fsp3) is 0.217. The minimum absolute atomic E-state index is 0.00924. The fourth-order valence-electron chi connectivity index (χ4n) is 4.03. The van der Waals surface area contributed by atoms with Crippen LogP contribution in [0.4, 0.5) is 0 Å². The second-order valence-corrected chi connectivity index (χ2v) is 13.4. The number of carbonyl (C=O) groups excluding carboxylic acids is 2. The Hall–Kier alpha value is -2.35.